The Bertz CT molecular complexity index is 257. The van der Waals surface area contributed by atoms with Gasteiger partial charge in [0.25, 0.3) is 0 Å². The molecule has 0 saturated heterocycles. The number of aryl methyl sites for hydroxylation is 2. The van der Waals surface area contributed by atoms with Crippen LogP contribution in [0, 0.1) is 13.8 Å². The molecule has 0 aromatic carbocycles. The van der Waals surface area contributed by atoms with E-state index in [9.17, 15) is 0 Å². The Labute approximate surface area is 71.7 Å². The van der Waals surface area contributed by atoms with Crippen molar-refractivity contribution >= 4 is 6.08 Å². The van der Waals surface area contributed by atoms with E-state index in [-0.39, 0.29) is 6.61 Å². The molecular formula is C9H13NO2. The third-order valence-electron chi connectivity index (χ3n) is 1.67. The predicted octanol–water partition coefficient (Wildman–Crippen LogP) is 1.69. The van der Waals surface area contributed by atoms with E-state index in [1.165, 1.54) is 0 Å². The molecule has 0 aliphatic carbocycles. The average Bonchev–Trinajstić information content (AvgIpc) is 2.35. The van der Waals surface area contributed by atoms with Gasteiger partial charge in [0.2, 0.25) is 0 Å². The minimum atomic E-state index is 0.180. The molecule has 0 amide bonds. The first kappa shape index (κ1) is 9.00. The molecule has 0 saturated carbocycles. The van der Waals surface area contributed by atoms with E-state index in [1.807, 2.05) is 26.0 Å². The summed E-state index contributed by atoms with van der Waals surface area (Å²) in [6, 6.07) is 0. The highest BCUT2D eigenvalue weighted by atomic mass is 16.5. The van der Waals surface area contributed by atoms with Crippen LogP contribution in [0.5, 0.6) is 0 Å². The van der Waals surface area contributed by atoms with Gasteiger partial charge in [0.15, 0.2) is 0 Å². The average molecular weight is 167 g/mol. The maximum Gasteiger partial charge on any atom is 0.141 e. The van der Waals surface area contributed by atoms with Crippen LogP contribution in [-0.2, 0) is 0 Å². The van der Waals surface area contributed by atoms with Gasteiger partial charge in [0.05, 0.1) is 5.69 Å². The topological polar surface area (TPSA) is 46.3 Å². The van der Waals surface area contributed by atoms with E-state index in [1.54, 1.807) is 0 Å². The van der Waals surface area contributed by atoms with Crippen LogP contribution < -0.4 is 0 Å². The fourth-order valence-electron chi connectivity index (χ4n) is 1.00. The van der Waals surface area contributed by atoms with Crippen molar-refractivity contribution in [1.29, 1.82) is 0 Å². The highest BCUT2D eigenvalue weighted by Gasteiger charge is 2.03. The SMILES string of the molecule is Cc1noc(C)c1C=CCCO. The number of nitrogens with zero attached hydrogens (tertiary/aromatic N) is 1. The van der Waals surface area contributed by atoms with Crippen LogP contribution in [0.15, 0.2) is 10.6 Å². The molecule has 1 aromatic rings. The van der Waals surface area contributed by atoms with Gasteiger partial charge < -0.3 is 9.63 Å². The largest absolute Gasteiger partial charge is 0.396 e. The van der Waals surface area contributed by atoms with Gasteiger partial charge in [-0.25, -0.2) is 0 Å². The van der Waals surface area contributed by atoms with Crippen molar-refractivity contribution in [1.82, 2.24) is 5.16 Å². The third kappa shape index (κ3) is 1.95. The second-order valence-electron chi connectivity index (χ2n) is 2.65. The van der Waals surface area contributed by atoms with Gasteiger partial charge in [-0.2, -0.15) is 0 Å². The lowest BCUT2D eigenvalue weighted by atomic mass is 10.2. The summed E-state index contributed by atoms with van der Waals surface area (Å²) < 4.78 is 4.96. The van der Waals surface area contributed by atoms with Crippen molar-refractivity contribution in [2.24, 2.45) is 0 Å². The van der Waals surface area contributed by atoms with E-state index in [4.69, 9.17) is 9.63 Å². The summed E-state index contributed by atoms with van der Waals surface area (Å²) >= 11 is 0. The van der Waals surface area contributed by atoms with E-state index >= 15 is 0 Å². The number of rotatable bonds is 3. The zero-order valence-electron chi connectivity index (χ0n) is 7.37. The van der Waals surface area contributed by atoms with Crippen molar-refractivity contribution in [3.05, 3.63) is 23.1 Å². The monoisotopic (exact) mass is 167 g/mol. The Balaban J connectivity index is 2.73. The first-order valence-electron chi connectivity index (χ1n) is 3.96. The first-order valence-corrected chi connectivity index (χ1v) is 3.96. The van der Waals surface area contributed by atoms with Gasteiger partial charge in [-0.1, -0.05) is 17.3 Å². The summed E-state index contributed by atoms with van der Waals surface area (Å²) in [7, 11) is 0. The standard InChI is InChI=1S/C9H13NO2/c1-7-9(5-3-4-6-11)8(2)12-10-7/h3,5,11H,4,6H2,1-2H3. The van der Waals surface area contributed by atoms with Crippen molar-refractivity contribution in [3.8, 4) is 0 Å². The Hall–Kier alpha value is -1.09. The van der Waals surface area contributed by atoms with Crippen LogP contribution in [0.2, 0.25) is 0 Å². The highest BCUT2D eigenvalue weighted by Crippen LogP contribution is 2.13. The quantitative estimate of drug-likeness (QED) is 0.745. The summed E-state index contributed by atoms with van der Waals surface area (Å²) in [6.07, 6.45) is 4.51. The molecule has 0 unspecified atom stereocenters. The molecule has 0 aliphatic rings. The first-order chi connectivity index (χ1) is 5.75. The summed E-state index contributed by atoms with van der Waals surface area (Å²) in [4.78, 5) is 0. The second-order valence-corrected chi connectivity index (χ2v) is 2.65. The van der Waals surface area contributed by atoms with Crippen molar-refractivity contribution in [2.75, 3.05) is 6.61 Å². The molecular weight excluding hydrogens is 154 g/mol. The molecule has 0 radical (unpaired) electrons. The molecule has 1 N–H and O–H groups in total. The van der Waals surface area contributed by atoms with Crippen LogP contribution >= 0.6 is 0 Å². The summed E-state index contributed by atoms with van der Waals surface area (Å²) in [5.74, 6) is 0.821. The van der Waals surface area contributed by atoms with Crippen LogP contribution in [-0.4, -0.2) is 16.9 Å². The summed E-state index contributed by atoms with van der Waals surface area (Å²) in [6.45, 7) is 3.95. The molecule has 1 aromatic heterocycles. The lowest BCUT2D eigenvalue weighted by molar-refractivity contribution is 0.303. The van der Waals surface area contributed by atoms with E-state index in [0.29, 0.717) is 6.42 Å². The van der Waals surface area contributed by atoms with Gasteiger partial charge >= 0.3 is 0 Å². The van der Waals surface area contributed by atoms with Crippen LogP contribution in [0.1, 0.15) is 23.4 Å². The maximum atomic E-state index is 8.54. The van der Waals surface area contributed by atoms with Gasteiger partial charge in [-0.05, 0) is 20.3 Å². The Kier molecular flexibility index (Phi) is 3.05. The number of hydrogen-bond acceptors (Lipinski definition) is 3. The van der Waals surface area contributed by atoms with E-state index in [2.05, 4.69) is 5.16 Å². The molecule has 0 spiro atoms. The number of aliphatic hydroxyl groups excluding tert-OH is 1. The lowest BCUT2D eigenvalue weighted by Crippen LogP contribution is -1.79. The van der Waals surface area contributed by atoms with Crippen molar-refractivity contribution in [2.45, 2.75) is 20.3 Å². The number of hydrogen-bond donors (Lipinski definition) is 1. The third-order valence-corrected chi connectivity index (χ3v) is 1.67. The smallest absolute Gasteiger partial charge is 0.141 e. The molecule has 0 fully saturated rings. The van der Waals surface area contributed by atoms with Crippen LogP contribution in [0.4, 0.5) is 0 Å². The Morgan fingerprint density at radius 2 is 2.25 bits per heavy atom. The second kappa shape index (κ2) is 4.07. The molecule has 1 heterocycles. The van der Waals surface area contributed by atoms with E-state index < -0.39 is 0 Å². The molecule has 3 nitrogen and oxygen atoms in total. The minimum absolute atomic E-state index is 0.180. The van der Waals surface area contributed by atoms with Crippen LogP contribution in [0.25, 0.3) is 6.08 Å². The lowest BCUT2D eigenvalue weighted by Gasteiger charge is -1.88. The molecule has 66 valence electrons. The molecule has 3 heteroatoms. The predicted molar refractivity (Wildman–Crippen MR) is 46.7 cm³/mol. The van der Waals surface area contributed by atoms with Crippen LogP contribution in [0.3, 0.4) is 0 Å². The highest BCUT2D eigenvalue weighted by molar-refractivity contribution is 5.52. The van der Waals surface area contributed by atoms with Gasteiger partial charge in [-0.15, -0.1) is 0 Å². The van der Waals surface area contributed by atoms with Crippen molar-refractivity contribution < 1.29 is 9.63 Å². The minimum Gasteiger partial charge on any atom is -0.396 e. The molecule has 12 heavy (non-hydrogen) atoms. The van der Waals surface area contributed by atoms with Gasteiger partial charge in [-0.3, -0.25) is 0 Å². The maximum absolute atomic E-state index is 8.54. The van der Waals surface area contributed by atoms with Crippen molar-refractivity contribution in [3.63, 3.8) is 0 Å². The molecule has 0 bridgehead atoms. The Morgan fingerprint density at radius 3 is 2.75 bits per heavy atom. The molecule has 0 atom stereocenters. The van der Waals surface area contributed by atoms with E-state index in [0.717, 1.165) is 17.0 Å². The zero-order chi connectivity index (χ0) is 8.97. The van der Waals surface area contributed by atoms with Gasteiger partial charge in [0.1, 0.15) is 5.76 Å². The zero-order valence-corrected chi connectivity index (χ0v) is 7.37. The summed E-state index contributed by atoms with van der Waals surface area (Å²) in [5.41, 5.74) is 1.91. The number of aliphatic hydroxyl groups is 1. The fourth-order valence-corrected chi connectivity index (χ4v) is 1.00. The molecule has 1 rings (SSSR count). The molecule has 0 aliphatic heterocycles. The number of aromatic nitrogens is 1. The summed E-state index contributed by atoms with van der Waals surface area (Å²) in [5, 5.41) is 12.3. The normalized spacial score (nSPS) is 11.2. The fraction of sp³-hybridized carbons (Fsp3) is 0.444. The Morgan fingerprint density at radius 1 is 1.50 bits per heavy atom. The van der Waals surface area contributed by atoms with Gasteiger partial charge in [0, 0.05) is 12.2 Å².